The van der Waals surface area contributed by atoms with Crippen LogP contribution >= 0.6 is 23.6 Å². The van der Waals surface area contributed by atoms with Gasteiger partial charge in [-0.25, -0.2) is 4.79 Å². The van der Waals surface area contributed by atoms with E-state index in [4.69, 9.17) is 17.3 Å². The van der Waals surface area contributed by atoms with Gasteiger partial charge in [0.15, 0.2) is 4.77 Å². The fraction of sp³-hybridized carbons (Fsp3) is 0.0714. The standard InChI is InChI=1S/C14H10N2O3S2/c17-12-11-10(5-6-21-11)15-14(20)16(12)7-8-1-3-9(4-2-8)13(18)19/h1-6H,7H2,(H,15,20)(H,18,19). The van der Waals surface area contributed by atoms with Crippen LogP contribution in [0.3, 0.4) is 0 Å². The molecule has 0 saturated carbocycles. The van der Waals surface area contributed by atoms with Crippen molar-refractivity contribution < 1.29 is 9.90 Å². The van der Waals surface area contributed by atoms with E-state index in [2.05, 4.69) is 4.98 Å². The van der Waals surface area contributed by atoms with Gasteiger partial charge < -0.3 is 10.1 Å². The smallest absolute Gasteiger partial charge is 0.335 e. The minimum atomic E-state index is -0.976. The summed E-state index contributed by atoms with van der Waals surface area (Å²) in [4.78, 5) is 26.2. The molecule has 106 valence electrons. The predicted octanol–water partition coefficient (Wildman–Crippen LogP) is 2.87. The molecule has 0 bridgehead atoms. The lowest BCUT2D eigenvalue weighted by Gasteiger charge is -2.07. The molecule has 0 unspecified atom stereocenters. The summed E-state index contributed by atoms with van der Waals surface area (Å²) in [5.74, 6) is -0.976. The Bertz CT molecular complexity index is 935. The Morgan fingerprint density at radius 3 is 2.67 bits per heavy atom. The molecule has 0 aliphatic rings. The zero-order valence-electron chi connectivity index (χ0n) is 10.7. The van der Waals surface area contributed by atoms with Gasteiger partial charge in [0, 0.05) is 0 Å². The van der Waals surface area contributed by atoms with E-state index in [1.54, 1.807) is 12.1 Å². The van der Waals surface area contributed by atoms with Crippen molar-refractivity contribution in [2.75, 3.05) is 0 Å². The van der Waals surface area contributed by atoms with Gasteiger partial charge in [0.05, 0.1) is 17.6 Å². The van der Waals surface area contributed by atoms with Crippen molar-refractivity contribution in [2.45, 2.75) is 6.54 Å². The van der Waals surface area contributed by atoms with Crippen LogP contribution < -0.4 is 5.56 Å². The van der Waals surface area contributed by atoms with Gasteiger partial charge in [0.2, 0.25) is 0 Å². The largest absolute Gasteiger partial charge is 0.478 e. The topological polar surface area (TPSA) is 75.1 Å². The summed E-state index contributed by atoms with van der Waals surface area (Å²) in [6, 6.07) is 8.22. The van der Waals surface area contributed by atoms with Crippen molar-refractivity contribution in [2.24, 2.45) is 0 Å². The number of hydrogen-bond acceptors (Lipinski definition) is 4. The number of nitrogens with zero attached hydrogens (tertiary/aromatic N) is 1. The number of aromatic nitrogens is 2. The number of nitrogens with one attached hydrogen (secondary N) is 1. The van der Waals surface area contributed by atoms with Crippen molar-refractivity contribution in [3.63, 3.8) is 0 Å². The molecule has 0 radical (unpaired) electrons. The van der Waals surface area contributed by atoms with Crippen LogP contribution in [-0.2, 0) is 6.54 Å². The van der Waals surface area contributed by atoms with Crippen LogP contribution in [0.5, 0.6) is 0 Å². The number of carbonyl (C=O) groups is 1. The monoisotopic (exact) mass is 318 g/mol. The molecule has 21 heavy (non-hydrogen) atoms. The fourth-order valence-electron chi connectivity index (χ4n) is 2.05. The summed E-state index contributed by atoms with van der Waals surface area (Å²) in [7, 11) is 0. The van der Waals surface area contributed by atoms with E-state index < -0.39 is 5.97 Å². The number of thiophene rings is 1. The first-order chi connectivity index (χ1) is 10.1. The van der Waals surface area contributed by atoms with Crippen molar-refractivity contribution in [1.82, 2.24) is 9.55 Å². The highest BCUT2D eigenvalue weighted by Crippen LogP contribution is 2.14. The Morgan fingerprint density at radius 2 is 2.00 bits per heavy atom. The molecule has 0 amide bonds. The summed E-state index contributed by atoms with van der Waals surface area (Å²) in [5, 5.41) is 10.7. The van der Waals surface area contributed by atoms with Crippen LogP contribution in [-0.4, -0.2) is 20.6 Å². The van der Waals surface area contributed by atoms with E-state index in [1.807, 2.05) is 11.4 Å². The Hall–Kier alpha value is -2.25. The number of benzene rings is 1. The minimum Gasteiger partial charge on any atom is -0.478 e. The molecule has 0 fully saturated rings. The first-order valence-electron chi connectivity index (χ1n) is 6.09. The minimum absolute atomic E-state index is 0.133. The second-order valence-electron chi connectivity index (χ2n) is 4.49. The first kappa shape index (κ1) is 13.7. The molecule has 2 N–H and O–H groups in total. The number of aromatic amines is 1. The van der Waals surface area contributed by atoms with E-state index in [9.17, 15) is 9.59 Å². The Kier molecular flexibility index (Phi) is 3.44. The molecule has 3 rings (SSSR count). The highest BCUT2D eigenvalue weighted by Gasteiger charge is 2.08. The van der Waals surface area contributed by atoms with Crippen molar-refractivity contribution in [1.29, 1.82) is 0 Å². The number of carboxylic acids is 1. The maximum atomic E-state index is 12.4. The molecule has 0 spiro atoms. The van der Waals surface area contributed by atoms with Gasteiger partial charge in [-0.15, -0.1) is 11.3 Å². The molecule has 3 aromatic rings. The summed E-state index contributed by atoms with van der Waals surface area (Å²) >= 11 is 6.58. The van der Waals surface area contributed by atoms with Crippen LogP contribution in [0.2, 0.25) is 0 Å². The van der Waals surface area contributed by atoms with Crippen LogP contribution in [0.15, 0.2) is 40.5 Å². The van der Waals surface area contributed by atoms with E-state index in [0.717, 1.165) is 11.1 Å². The first-order valence-corrected chi connectivity index (χ1v) is 7.37. The maximum absolute atomic E-state index is 12.4. The molecule has 0 aliphatic heterocycles. The molecule has 5 nitrogen and oxygen atoms in total. The quantitative estimate of drug-likeness (QED) is 0.728. The number of carboxylic acid groups (broad SMARTS) is 1. The molecule has 0 aliphatic carbocycles. The average molecular weight is 318 g/mol. The number of H-pyrrole nitrogens is 1. The molecular weight excluding hydrogens is 308 g/mol. The third-order valence-corrected chi connectivity index (χ3v) is 4.36. The van der Waals surface area contributed by atoms with Crippen LogP contribution in [0.25, 0.3) is 10.2 Å². The van der Waals surface area contributed by atoms with E-state index >= 15 is 0 Å². The van der Waals surface area contributed by atoms with Crippen LogP contribution in [0, 0.1) is 4.77 Å². The summed E-state index contributed by atoms with van der Waals surface area (Å²) in [6.07, 6.45) is 0. The van der Waals surface area contributed by atoms with Crippen molar-refractivity contribution in [3.05, 3.63) is 62.0 Å². The number of hydrogen-bond donors (Lipinski definition) is 2. The average Bonchev–Trinajstić information content (AvgIpc) is 2.92. The molecule has 1 aromatic carbocycles. The highest BCUT2D eigenvalue weighted by atomic mass is 32.1. The molecular formula is C14H10N2O3S2. The molecule has 7 heteroatoms. The highest BCUT2D eigenvalue weighted by molar-refractivity contribution is 7.71. The molecule has 0 atom stereocenters. The van der Waals surface area contributed by atoms with E-state index in [0.29, 0.717) is 16.0 Å². The SMILES string of the molecule is O=C(O)c1ccc(Cn2c(=S)[nH]c3ccsc3c2=O)cc1. The lowest BCUT2D eigenvalue weighted by atomic mass is 10.1. The van der Waals surface area contributed by atoms with Gasteiger partial charge in [0.25, 0.3) is 5.56 Å². The van der Waals surface area contributed by atoms with Gasteiger partial charge in [-0.05, 0) is 41.4 Å². The van der Waals surface area contributed by atoms with Gasteiger partial charge in [-0.1, -0.05) is 12.1 Å². The Balaban J connectivity index is 2.03. The zero-order valence-corrected chi connectivity index (χ0v) is 12.3. The van der Waals surface area contributed by atoms with Crippen molar-refractivity contribution in [3.8, 4) is 0 Å². The third-order valence-electron chi connectivity index (χ3n) is 3.13. The maximum Gasteiger partial charge on any atom is 0.335 e. The normalized spacial score (nSPS) is 10.9. The second-order valence-corrected chi connectivity index (χ2v) is 5.79. The Morgan fingerprint density at radius 1 is 1.29 bits per heavy atom. The molecule has 2 aromatic heterocycles. The zero-order chi connectivity index (χ0) is 15.0. The molecule has 2 heterocycles. The van der Waals surface area contributed by atoms with Gasteiger partial charge in [-0.3, -0.25) is 9.36 Å². The summed E-state index contributed by atoms with van der Waals surface area (Å²) in [5.41, 5.74) is 1.64. The lowest BCUT2D eigenvalue weighted by molar-refractivity contribution is 0.0697. The molecule has 0 saturated heterocycles. The van der Waals surface area contributed by atoms with Crippen molar-refractivity contribution >= 4 is 39.7 Å². The fourth-order valence-corrected chi connectivity index (χ4v) is 3.10. The Labute approximate surface area is 128 Å². The predicted molar refractivity (Wildman–Crippen MR) is 83.8 cm³/mol. The van der Waals surface area contributed by atoms with E-state index in [-0.39, 0.29) is 11.1 Å². The van der Waals surface area contributed by atoms with Crippen LogP contribution in [0.4, 0.5) is 0 Å². The van der Waals surface area contributed by atoms with Gasteiger partial charge in [0.1, 0.15) is 4.70 Å². The van der Waals surface area contributed by atoms with E-state index in [1.165, 1.54) is 28.0 Å². The summed E-state index contributed by atoms with van der Waals surface area (Å²) < 4.78 is 2.46. The number of fused-ring (bicyclic) bond motifs is 1. The summed E-state index contributed by atoms with van der Waals surface area (Å²) in [6.45, 7) is 0.307. The third kappa shape index (κ3) is 2.53. The number of rotatable bonds is 3. The lowest BCUT2D eigenvalue weighted by Crippen LogP contribution is -2.21. The van der Waals surface area contributed by atoms with Gasteiger partial charge in [-0.2, -0.15) is 0 Å². The van der Waals surface area contributed by atoms with Crippen LogP contribution in [0.1, 0.15) is 15.9 Å². The van der Waals surface area contributed by atoms with Gasteiger partial charge >= 0.3 is 5.97 Å². The second kappa shape index (κ2) is 5.27. The number of aromatic carboxylic acids is 1.